The predicted octanol–water partition coefficient (Wildman–Crippen LogP) is 2.93. The van der Waals surface area contributed by atoms with Crippen LogP contribution in [0.4, 0.5) is 8.78 Å². The van der Waals surface area contributed by atoms with Gasteiger partial charge in [-0.25, -0.2) is 4.98 Å². The van der Waals surface area contributed by atoms with E-state index in [0.29, 0.717) is 12.2 Å². The van der Waals surface area contributed by atoms with Crippen molar-refractivity contribution in [1.29, 1.82) is 0 Å². The monoisotopic (exact) mass is 239 g/mol. The van der Waals surface area contributed by atoms with E-state index in [1.165, 1.54) is 12.4 Å². The van der Waals surface area contributed by atoms with Crippen LogP contribution >= 0.6 is 0 Å². The quantitative estimate of drug-likeness (QED) is 0.813. The number of fused-ring (bicyclic) bond motifs is 1. The summed E-state index contributed by atoms with van der Waals surface area (Å²) in [6.07, 6.45) is 4.03. The summed E-state index contributed by atoms with van der Waals surface area (Å²) in [6.45, 7) is 0.987. The smallest absolute Gasteiger partial charge is 0.313 e. The maximum Gasteiger partial charge on any atom is 0.320 e. The fourth-order valence-electron chi connectivity index (χ4n) is 1.84. The summed E-state index contributed by atoms with van der Waals surface area (Å²) in [5.41, 5.74) is 1.21. The Morgan fingerprint density at radius 2 is 2.29 bits per heavy atom. The number of nitrogens with one attached hydrogen (secondary N) is 1. The molecule has 0 aliphatic carbocycles. The van der Waals surface area contributed by atoms with Crippen molar-refractivity contribution in [2.75, 3.05) is 6.54 Å². The van der Waals surface area contributed by atoms with E-state index in [1.54, 1.807) is 6.07 Å². The minimum absolute atomic E-state index is 0.343. The molecule has 1 N–H and O–H groups in total. The van der Waals surface area contributed by atoms with E-state index in [1.807, 2.05) is 6.07 Å². The number of nitrogens with zero attached hydrogens (tertiary/aromatic N) is 2. The lowest BCUT2D eigenvalue weighted by molar-refractivity contribution is 0.0745. The molecule has 0 amide bonds. The highest BCUT2D eigenvalue weighted by Gasteiger charge is 2.14. The first-order valence-electron chi connectivity index (χ1n) is 5.67. The standard InChI is InChI=1S/C12H15F2N3/c1-2-5-15-7-9-8-17(12(13)14)11-10(9)4-3-6-16-11/h3-4,6,8,12,15H,2,5,7H2,1H3. The van der Waals surface area contributed by atoms with Gasteiger partial charge in [0, 0.05) is 24.3 Å². The third-order valence-electron chi connectivity index (χ3n) is 2.62. The molecule has 2 rings (SSSR count). The Labute approximate surface area is 98.5 Å². The Kier molecular flexibility index (Phi) is 3.68. The maximum atomic E-state index is 12.8. The summed E-state index contributed by atoms with van der Waals surface area (Å²) < 4.78 is 26.5. The lowest BCUT2D eigenvalue weighted by atomic mass is 10.2. The molecule has 2 aromatic rings. The highest BCUT2D eigenvalue weighted by atomic mass is 19.3. The normalized spacial score (nSPS) is 11.5. The largest absolute Gasteiger partial charge is 0.320 e. The first kappa shape index (κ1) is 12.0. The highest BCUT2D eigenvalue weighted by molar-refractivity contribution is 5.80. The molecule has 0 spiro atoms. The van der Waals surface area contributed by atoms with Crippen LogP contribution < -0.4 is 5.32 Å². The molecule has 17 heavy (non-hydrogen) atoms. The van der Waals surface area contributed by atoms with Crippen molar-refractivity contribution in [1.82, 2.24) is 14.9 Å². The first-order chi connectivity index (χ1) is 8.24. The van der Waals surface area contributed by atoms with Crippen LogP contribution in [0.2, 0.25) is 0 Å². The molecule has 0 saturated heterocycles. The second-order valence-electron chi connectivity index (χ2n) is 3.89. The highest BCUT2D eigenvalue weighted by Crippen LogP contribution is 2.24. The first-order valence-corrected chi connectivity index (χ1v) is 5.67. The summed E-state index contributed by atoms with van der Waals surface area (Å²) in [5, 5.41) is 4.00. The van der Waals surface area contributed by atoms with Crippen molar-refractivity contribution in [2.24, 2.45) is 0 Å². The molecule has 0 unspecified atom stereocenters. The number of hydrogen-bond acceptors (Lipinski definition) is 2. The molecule has 0 radical (unpaired) electrons. The molecule has 0 aromatic carbocycles. The summed E-state index contributed by atoms with van der Waals surface area (Å²) in [7, 11) is 0. The zero-order chi connectivity index (χ0) is 12.3. The van der Waals surface area contributed by atoms with Crippen molar-refractivity contribution in [3.05, 3.63) is 30.1 Å². The molecular formula is C12H15F2N3. The number of halogens is 2. The van der Waals surface area contributed by atoms with Crippen LogP contribution in [0.1, 0.15) is 25.5 Å². The maximum absolute atomic E-state index is 12.8. The van der Waals surface area contributed by atoms with Crippen molar-refractivity contribution in [2.45, 2.75) is 26.4 Å². The van der Waals surface area contributed by atoms with Gasteiger partial charge in [0.2, 0.25) is 0 Å². The van der Waals surface area contributed by atoms with Crippen molar-refractivity contribution in [3.8, 4) is 0 Å². The van der Waals surface area contributed by atoms with E-state index in [0.717, 1.165) is 28.5 Å². The molecule has 0 fully saturated rings. The average molecular weight is 239 g/mol. The van der Waals surface area contributed by atoms with Gasteiger partial charge < -0.3 is 5.32 Å². The molecule has 0 aliphatic rings. The van der Waals surface area contributed by atoms with E-state index in [2.05, 4.69) is 17.2 Å². The Balaban J connectivity index is 2.35. The fraction of sp³-hybridized carbons (Fsp3) is 0.417. The minimum Gasteiger partial charge on any atom is -0.313 e. The van der Waals surface area contributed by atoms with Gasteiger partial charge in [-0.3, -0.25) is 4.57 Å². The molecule has 0 saturated carbocycles. The van der Waals surface area contributed by atoms with E-state index in [-0.39, 0.29) is 0 Å². The van der Waals surface area contributed by atoms with Crippen LogP contribution in [0.15, 0.2) is 24.5 Å². The Morgan fingerprint density at radius 1 is 1.47 bits per heavy atom. The van der Waals surface area contributed by atoms with Gasteiger partial charge in [0.1, 0.15) is 5.65 Å². The zero-order valence-electron chi connectivity index (χ0n) is 9.66. The van der Waals surface area contributed by atoms with Gasteiger partial charge in [0.05, 0.1) is 0 Å². The minimum atomic E-state index is -2.55. The van der Waals surface area contributed by atoms with Crippen LogP contribution in [0.25, 0.3) is 11.0 Å². The molecular weight excluding hydrogens is 224 g/mol. The molecule has 2 aromatic heterocycles. The van der Waals surface area contributed by atoms with Crippen LogP contribution in [-0.4, -0.2) is 16.1 Å². The van der Waals surface area contributed by atoms with Gasteiger partial charge >= 0.3 is 6.55 Å². The number of hydrogen-bond donors (Lipinski definition) is 1. The van der Waals surface area contributed by atoms with Gasteiger partial charge in [-0.15, -0.1) is 0 Å². The van der Waals surface area contributed by atoms with Gasteiger partial charge in [-0.1, -0.05) is 6.92 Å². The molecule has 5 heteroatoms. The molecule has 92 valence electrons. The van der Waals surface area contributed by atoms with Crippen LogP contribution in [0, 0.1) is 0 Å². The zero-order valence-corrected chi connectivity index (χ0v) is 9.66. The second kappa shape index (κ2) is 5.23. The number of pyridine rings is 1. The molecule has 0 bridgehead atoms. The number of alkyl halides is 2. The topological polar surface area (TPSA) is 29.9 Å². The lowest BCUT2D eigenvalue weighted by Gasteiger charge is -2.00. The van der Waals surface area contributed by atoms with Crippen molar-refractivity contribution >= 4 is 11.0 Å². The van der Waals surface area contributed by atoms with E-state index in [4.69, 9.17) is 0 Å². The van der Waals surface area contributed by atoms with Crippen molar-refractivity contribution < 1.29 is 8.78 Å². The summed E-state index contributed by atoms with van der Waals surface area (Å²) in [4.78, 5) is 4.01. The summed E-state index contributed by atoms with van der Waals surface area (Å²) in [5.74, 6) is 0. The Morgan fingerprint density at radius 3 is 3.00 bits per heavy atom. The Hall–Kier alpha value is -1.49. The summed E-state index contributed by atoms with van der Waals surface area (Å²) in [6, 6.07) is 3.59. The predicted molar refractivity (Wildman–Crippen MR) is 63.0 cm³/mol. The van der Waals surface area contributed by atoms with Gasteiger partial charge in [0.25, 0.3) is 0 Å². The van der Waals surface area contributed by atoms with Gasteiger partial charge in [0.15, 0.2) is 0 Å². The lowest BCUT2D eigenvalue weighted by Crippen LogP contribution is -2.13. The van der Waals surface area contributed by atoms with E-state index < -0.39 is 6.55 Å². The fourth-order valence-corrected chi connectivity index (χ4v) is 1.84. The number of aromatic nitrogens is 2. The van der Waals surface area contributed by atoms with Gasteiger partial charge in [-0.05, 0) is 30.7 Å². The average Bonchev–Trinajstić information content (AvgIpc) is 2.69. The van der Waals surface area contributed by atoms with E-state index in [9.17, 15) is 8.78 Å². The van der Waals surface area contributed by atoms with Crippen molar-refractivity contribution in [3.63, 3.8) is 0 Å². The number of rotatable bonds is 5. The summed E-state index contributed by atoms with van der Waals surface area (Å²) >= 11 is 0. The Bertz CT molecular complexity index is 493. The third kappa shape index (κ3) is 2.44. The second-order valence-corrected chi connectivity index (χ2v) is 3.89. The van der Waals surface area contributed by atoms with E-state index >= 15 is 0 Å². The third-order valence-corrected chi connectivity index (χ3v) is 2.62. The van der Waals surface area contributed by atoms with Crippen LogP contribution in [-0.2, 0) is 6.54 Å². The van der Waals surface area contributed by atoms with Gasteiger partial charge in [-0.2, -0.15) is 8.78 Å². The SMILES string of the molecule is CCCNCc1cn(C(F)F)c2ncccc12. The molecule has 0 atom stereocenters. The van der Waals surface area contributed by atoms with Crippen LogP contribution in [0.5, 0.6) is 0 Å². The molecule has 2 heterocycles. The molecule has 3 nitrogen and oxygen atoms in total. The van der Waals surface area contributed by atoms with Crippen LogP contribution in [0.3, 0.4) is 0 Å². The molecule has 0 aliphatic heterocycles.